The molecule has 13 heteroatoms. The summed E-state index contributed by atoms with van der Waals surface area (Å²) in [6.45, 7) is 2.18. The molecule has 1 aliphatic heterocycles. The number of hydrogen-bond donors (Lipinski definition) is 3. The maximum atomic E-state index is 12.8. The minimum Gasteiger partial charge on any atom is -0.387 e. The van der Waals surface area contributed by atoms with Crippen LogP contribution in [-0.2, 0) is 20.0 Å². The molecule has 0 amide bonds. The molecule has 1 aromatic heterocycles. The van der Waals surface area contributed by atoms with Crippen molar-refractivity contribution in [2.45, 2.75) is 30.7 Å². The van der Waals surface area contributed by atoms with Crippen molar-refractivity contribution >= 4 is 7.37 Å². The van der Waals surface area contributed by atoms with E-state index in [9.17, 15) is 37.5 Å². The molecule has 9 nitrogen and oxygen atoms in total. The summed E-state index contributed by atoms with van der Waals surface area (Å²) in [5.74, 6) is 0. The van der Waals surface area contributed by atoms with Crippen LogP contribution in [-0.4, -0.2) is 58.0 Å². The largest absolute Gasteiger partial charge is 0.423 e. The number of nitrogens with one attached hydrogen (secondary N) is 1. The highest BCUT2D eigenvalue weighted by Gasteiger charge is 2.45. The van der Waals surface area contributed by atoms with E-state index in [0.29, 0.717) is 4.57 Å². The lowest BCUT2D eigenvalue weighted by atomic mass is 10.1. The fraction of sp³-hybridized carbons (Fsp3) is 0.667. The van der Waals surface area contributed by atoms with E-state index in [1.807, 2.05) is 0 Å². The van der Waals surface area contributed by atoms with Gasteiger partial charge >= 0.3 is 11.9 Å². The normalized spacial score (nSPS) is 27.6. The van der Waals surface area contributed by atoms with Crippen molar-refractivity contribution in [1.29, 1.82) is 0 Å². The van der Waals surface area contributed by atoms with Crippen LogP contribution in [0.1, 0.15) is 11.8 Å². The maximum Gasteiger partial charge on any atom is 0.423 e. The van der Waals surface area contributed by atoms with Gasteiger partial charge in [-0.2, -0.15) is 13.2 Å². The summed E-state index contributed by atoms with van der Waals surface area (Å²) in [5, 5.41) is 19.9. The molecule has 4 atom stereocenters. The van der Waals surface area contributed by atoms with Crippen LogP contribution >= 0.6 is 7.37 Å². The minimum absolute atomic E-state index is 0.204. The summed E-state index contributed by atoms with van der Waals surface area (Å²) in [4.78, 5) is 24.5. The van der Waals surface area contributed by atoms with Crippen LogP contribution in [0, 0.1) is 0 Å². The van der Waals surface area contributed by atoms with Crippen LogP contribution in [0.3, 0.4) is 0 Å². The number of ether oxygens (including phenoxy) is 1. The van der Waals surface area contributed by atoms with Gasteiger partial charge in [0.05, 0.1) is 6.61 Å². The van der Waals surface area contributed by atoms with E-state index in [2.05, 4.69) is 0 Å². The predicted molar refractivity (Wildman–Crippen MR) is 77.7 cm³/mol. The molecule has 0 aromatic carbocycles. The molecule has 2 unspecified atom stereocenters. The van der Waals surface area contributed by atoms with E-state index in [0.717, 1.165) is 0 Å². The summed E-state index contributed by atoms with van der Waals surface area (Å²) < 4.78 is 60.4. The van der Waals surface area contributed by atoms with Crippen LogP contribution in [0.2, 0.25) is 0 Å². The van der Waals surface area contributed by atoms with Crippen molar-refractivity contribution in [1.82, 2.24) is 9.55 Å². The van der Waals surface area contributed by atoms with Gasteiger partial charge in [-0.25, -0.2) is 4.79 Å². The van der Waals surface area contributed by atoms with Gasteiger partial charge in [-0.15, -0.1) is 0 Å². The summed E-state index contributed by atoms with van der Waals surface area (Å²) >= 11 is 0. The molecule has 0 aliphatic carbocycles. The number of alkyl halides is 3. The molecule has 1 fully saturated rings. The Morgan fingerprint density at radius 1 is 1.32 bits per heavy atom. The van der Waals surface area contributed by atoms with Crippen molar-refractivity contribution < 1.29 is 37.2 Å². The highest BCUT2D eigenvalue weighted by molar-refractivity contribution is 7.57. The molecule has 0 saturated carbocycles. The van der Waals surface area contributed by atoms with Crippen molar-refractivity contribution in [3.05, 3.63) is 32.6 Å². The van der Waals surface area contributed by atoms with Gasteiger partial charge in [0.2, 0.25) is 0 Å². The Morgan fingerprint density at radius 2 is 1.92 bits per heavy atom. The second kappa shape index (κ2) is 6.69. The molecule has 2 heterocycles. The third-order valence-electron chi connectivity index (χ3n) is 3.43. The molecule has 25 heavy (non-hydrogen) atoms. The van der Waals surface area contributed by atoms with Gasteiger partial charge in [-0.05, 0) is 0 Å². The van der Waals surface area contributed by atoms with Gasteiger partial charge in [0.1, 0.15) is 23.9 Å². The molecule has 1 saturated heterocycles. The first-order chi connectivity index (χ1) is 11.3. The van der Waals surface area contributed by atoms with Crippen molar-refractivity contribution in [3.63, 3.8) is 0 Å². The van der Waals surface area contributed by atoms with Crippen LogP contribution in [0.15, 0.2) is 15.8 Å². The zero-order valence-electron chi connectivity index (χ0n) is 13.1. The summed E-state index contributed by atoms with van der Waals surface area (Å²) in [6.07, 6.45) is -11.1. The average Bonchev–Trinajstić information content (AvgIpc) is 2.71. The second-order valence-electron chi connectivity index (χ2n) is 5.80. The van der Waals surface area contributed by atoms with Gasteiger partial charge in [-0.1, -0.05) is 0 Å². The average molecular weight is 388 g/mol. The summed E-state index contributed by atoms with van der Waals surface area (Å²) in [6, 6.07) is 0. The highest BCUT2D eigenvalue weighted by atomic mass is 31.2. The van der Waals surface area contributed by atoms with E-state index >= 15 is 0 Å². The lowest BCUT2D eigenvalue weighted by Crippen LogP contribution is -2.40. The monoisotopic (exact) mass is 388 g/mol. The molecule has 0 spiro atoms. The van der Waals surface area contributed by atoms with Gasteiger partial charge in [0.15, 0.2) is 13.6 Å². The lowest BCUT2D eigenvalue weighted by molar-refractivity contribution is -0.140. The standard InChI is InChI=1S/C12H16F3N2O7P/c1-25(2,22)23-4-6-7(18)8(19)10(24-6)17-3-5(12(13,14)15)9(20)16-11(17)21/h3,6-8,10,18-19H,4H2,1-2H3,(H,16,20,21)/t6-,7?,8?,10-/m1/s1. The first-order valence-electron chi connectivity index (χ1n) is 6.95. The van der Waals surface area contributed by atoms with Gasteiger partial charge in [0, 0.05) is 19.5 Å². The Bertz CT molecular complexity index is 799. The van der Waals surface area contributed by atoms with E-state index in [4.69, 9.17) is 9.26 Å². The third-order valence-corrected chi connectivity index (χ3v) is 4.21. The Morgan fingerprint density at radius 3 is 2.44 bits per heavy atom. The van der Waals surface area contributed by atoms with Crippen LogP contribution in [0.25, 0.3) is 0 Å². The fourth-order valence-electron chi connectivity index (χ4n) is 2.23. The first-order valence-corrected chi connectivity index (χ1v) is 9.47. The van der Waals surface area contributed by atoms with Gasteiger partial charge < -0.3 is 19.5 Å². The summed E-state index contributed by atoms with van der Waals surface area (Å²) in [7, 11) is -2.94. The molecule has 3 N–H and O–H groups in total. The number of hydrogen-bond acceptors (Lipinski definition) is 7. The predicted octanol–water partition coefficient (Wildman–Crippen LogP) is -0.271. The zero-order chi connectivity index (χ0) is 19.2. The van der Waals surface area contributed by atoms with Crippen LogP contribution in [0.4, 0.5) is 13.2 Å². The number of H-pyrrole nitrogens is 1. The molecule has 2 rings (SSSR count). The molecular formula is C12H16F3N2O7P. The molecule has 0 bridgehead atoms. The number of halogens is 3. The molecular weight excluding hydrogens is 372 g/mol. The minimum atomic E-state index is -5.04. The Balaban J connectivity index is 2.34. The fourth-order valence-corrected chi connectivity index (χ4v) is 2.73. The Kier molecular flexibility index (Phi) is 5.31. The van der Waals surface area contributed by atoms with E-state index < -0.39 is 61.5 Å². The number of nitrogens with zero attached hydrogens (tertiary/aromatic N) is 1. The Hall–Kier alpha value is -1.46. The third kappa shape index (κ3) is 4.39. The van der Waals surface area contributed by atoms with Crippen LogP contribution < -0.4 is 11.2 Å². The van der Waals surface area contributed by atoms with Crippen molar-refractivity contribution in [3.8, 4) is 0 Å². The van der Waals surface area contributed by atoms with Gasteiger partial charge in [-0.3, -0.25) is 18.9 Å². The van der Waals surface area contributed by atoms with E-state index in [-0.39, 0.29) is 6.20 Å². The second-order valence-corrected chi connectivity index (χ2v) is 8.56. The molecule has 142 valence electrons. The first kappa shape index (κ1) is 19.9. The number of aromatic amines is 1. The lowest BCUT2D eigenvalue weighted by Gasteiger charge is -2.18. The number of rotatable bonds is 4. The molecule has 1 aromatic rings. The number of aliphatic hydroxyl groups excluding tert-OH is 2. The summed E-state index contributed by atoms with van der Waals surface area (Å²) in [5.41, 5.74) is -4.56. The quantitative estimate of drug-likeness (QED) is 0.605. The number of aromatic nitrogens is 2. The zero-order valence-corrected chi connectivity index (χ0v) is 14.0. The maximum absolute atomic E-state index is 12.8. The van der Waals surface area contributed by atoms with Crippen molar-refractivity contribution in [2.75, 3.05) is 19.9 Å². The van der Waals surface area contributed by atoms with E-state index in [1.165, 1.54) is 18.3 Å². The van der Waals surface area contributed by atoms with Crippen molar-refractivity contribution in [2.24, 2.45) is 0 Å². The van der Waals surface area contributed by atoms with Crippen LogP contribution in [0.5, 0.6) is 0 Å². The molecule has 0 radical (unpaired) electrons. The Labute approximate surface area is 138 Å². The number of aliphatic hydroxyl groups is 2. The SMILES string of the molecule is CP(C)(=O)OC[C@H]1O[C@@H](n2cc(C(F)(F)F)c(=O)[nH]c2=O)C(O)C1O. The van der Waals surface area contributed by atoms with Gasteiger partial charge in [0.25, 0.3) is 5.56 Å². The topological polar surface area (TPSA) is 131 Å². The van der Waals surface area contributed by atoms with E-state index in [1.54, 1.807) is 0 Å². The molecule has 1 aliphatic rings. The smallest absolute Gasteiger partial charge is 0.387 e. The highest BCUT2D eigenvalue weighted by Crippen LogP contribution is 2.39.